The predicted molar refractivity (Wildman–Crippen MR) is 79.5 cm³/mol. The molecular formula is C15H15N3S. The molecule has 1 atom stereocenters. The summed E-state index contributed by atoms with van der Waals surface area (Å²) in [4.78, 5) is 8.90. The molecule has 0 saturated heterocycles. The zero-order chi connectivity index (χ0) is 13.2. The lowest BCUT2D eigenvalue weighted by atomic mass is 10.0. The van der Waals surface area contributed by atoms with E-state index < -0.39 is 0 Å². The highest BCUT2D eigenvalue weighted by atomic mass is 32.1. The molecule has 1 aromatic carbocycles. The van der Waals surface area contributed by atoms with E-state index in [0.717, 1.165) is 11.4 Å². The van der Waals surface area contributed by atoms with E-state index in [9.17, 15) is 0 Å². The number of hydrogen-bond acceptors (Lipinski definition) is 4. The fourth-order valence-corrected chi connectivity index (χ4v) is 3.16. The van der Waals surface area contributed by atoms with Gasteiger partial charge in [-0.3, -0.25) is 0 Å². The van der Waals surface area contributed by atoms with E-state index in [0.29, 0.717) is 0 Å². The molecular weight excluding hydrogens is 254 g/mol. The quantitative estimate of drug-likeness (QED) is 0.792. The van der Waals surface area contributed by atoms with Crippen LogP contribution < -0.4 is 5.32 Å². The first-order valence-electron chi connectivity index (χ1n) is 6.21. The summed E-state index contributed by atoms with van der Waals surface area (Å²) in [7, 11) is 1.94. The Hall–Kier alpha value is -1.78. The highest BCUT2D eigenvalue weighted by Gasteiger charge is 2.17. The second-order valence-corrected chi connectivity index (χ2v) is 5.44. The summed E-state index contributed by atoms with van der Waals surface area (Å²) >= 11 is 1.76. The van der Waals surface area contributed by atoms with Gasteiger partial charge in [-0.15, -0.1) is 11.3 Å². The van der Waals surface area contributed by atoms with Crippen molar-refractivity contribution in [3.05, 3.63) is 59.0 Å². The van der Waals surface area contributed by atoms with Crippen LogP contribution >= 0.6 is 11.3 Å². The van der Waals surface area contributed by atoms with E-state index in [4.69, 9.17) is 0 Å². The van der Waals surface area contributed by atoms with E-state index in [2.05, 4.69) is 44.9 Å². The number of aromatic nitrogens is 2. The molecule has 2 heterocycles. The van der Waals surface area contributed by atoms with Gasteiger partial charge in [0.05, 0.1) is 6.04 Å². The Kier molecular flexibility index (Phi) is 3.27. The Balaban J connectivity index is 2.11. The van der Waals surface area contributed by atoms with Crippen molar-refractivity contribution in [2.24, 2.45) is 0 Å². The lowest BCUT2D eigenvalue weighted by Gasteiger charge is -2.16. The summed E-state index contributed by atoms with van der Waals surface area (Å²) in [5, 5.41) is 6.71. The Labute approximate surface area is 116 Å². The standard InChI is InChI=1S/C15H15N3S/c1-10-8-17-15(18-9-10)13(16-2)12-5-3-4-11-6-7-19-14(11)12/h3-9,13,16H,1-2H3. The van der Waals surface area contributed by atoms with Gasteiger partial charge in [-0.2, -0.15) is 0 Å². The van der Waals surface area contributed by atoms with Crippen LogP contribution in [0.2, 0.25) is 0 Å². The van der Waals surface area contributed by atoms with Gasteiger partial charge in [0.15, 0.2) is 0 Å². The van der Waals surface area contributed by atoms with Crippen molar-refractivity contribution in [2.45, 2.75) is 13.0 Å². The zero-order valence-electron chi connectivity index (χ0n) is 10.9. The van der Waals surface area contributed by atoms with Gasteiger partial charge in [-0.25, -0.2) is 9.97 Å². The van der Waals surface area contributed by atoms with Crippen molar-refractivity contribution < 1.29 is 0 Å². The summed E-state index contributed by atoms with van der Waals surface area (Å²) in [5.41, 5.74) is 2.31. The second kappa shape index (κ2) is 5.07. The SMILES string of the molecule is CNC(c1ncc(C)cn1)c1cccc2ccsc12. The molecule has 0 fully saturated rings. The number of nitrogens with one attached hydrogen (secondary N) is 1. The molecule has 3 nitrogen and oxygen atoms in total. The molecule has 3 rings (SSSR count). The third-order valence-corrected chi connectivity index (χ3v) is 4.15. The molecule has 0 amide bonds. The number of hydrogen-bond donors (Lipinski definition) is 1. The molecule has 4 heteroatoms. The molecule has 1 N–H and O–H groups in total. The summed E-state index contributed by atoms with van der Waals surface area (Å²) < 4.78 is 1.30. The van der Waals surface area contributed by atoms with Crippen molar-refractivity contribution in [3.8, 4) is 0 Å². The Morgan fingerprint density at radius 3 is 2.68 bits per heavy atom. The molecule has 0 aliphatic heterocycles. The van der Waals surface area contributed by atoms with Gasteiger partial charge < -0.3 is 5.32 Å². The zero-order valence-corrected chi connectivity index (χ0v) is 11.7. The fourth-order valence-electron chi connectivity index (χ4n) is 2.22. The van der Waals surface area contributed by atoms with Gasteiger partial charge in [-0.05, 0) is 41.9 Å². The molecule has 3 aromatic rings. The highest BCUT2D eigenvalue weighted by molar-refractivity contribution is 7.17. The molecule has 1 unspecified atom stereocenters. The third-order valence-electron chi connectivity index (χ3n) is 3.17. The van der Waals surface area contributed by atoms with Crippen LogP contribution in [0.3, 0.4) is 0 Å². The first kappa shape index (κ1) is 12.3. The predicted octanol–water partition coefficient (Wildman–Crippen LogP) is 3.31. The number of rotatable bonds is 3. The Morgan fingerprint density at radius 2 is 1.95 bits per heavy atom. The smallest absolute Gasteiger partial charge is 0.149 e. The molecule has 96 valence electrons. The number of nitrogens with zero attached hydrogens (tertiary/aromatic N) is 2. The monoisotopic (exact) mass is 269 g/mol. The molecule has 0 saturated carbocycles. The van der Waals surface area contributed by atoms with Gasteiger partial charge in [0.2, 0.25) is 0 Å². The number of fused-ring (bicyclic) bond motifs is 1. The normalized spacial score (nSPS) is 12.7. The molecule has 2 aromatic heterocycles. The molecule has 0 aliphatic carbocycles. The largest absolute Gasteiger partial charge is 0.307 e. The first-order valence-corrected chi connectivity index (χ1v) is 7.09. The van der Waals surface area contributed by atoms with Crippen LogP contribution in [0.15, 0.2) is 42.0 Å². The molecule has 0 radical (unpaired) electrons. The maximum atomic E-state index is 4.45. The van der Waals surface area contributed by atoms with Crippen LogP contribution in [-0.4, -0.2) is 17.0 Å². The van der Waals surface area contributed by atoms with E-state index in [1.165, 1.54) is 15.6 Å². The van der Waals surface area contributed by atoms with E-state index in [-0.39, 0.29) is 6.04 Å². The number of aryl methyl sites for hydroxylation is 1. The maximum absolute atomic E-state index is 4.45. The van der Waals surface area contributed by atoms with Gasteiger partial charge in [0, 0.05) is 17.1 Å². The maximum Gasteiger partial charge on any atom is 0.149 e. The Bertz CT molecular complexity index is 688. The van der Waals surface area contributed by atoms with E-state index >= 15 is 0 Å². The van der Waals surface area contributed by atoms with Gasteiger partial charge in [0.1, 0.15) is 5.82 Å². The summed E-state index contributed by atoms with van der Waals surface area (Å²) in [5.74, 6) is 0.814. The average molecular weight is 269 g/mol. The molecule has 0 aliphatic rings. The molecule has 19 heavy (non-hydrogen) atoms. The van der Waals surface area contributed by atoms with E-state index in [1.54, 1.807) is 11.3 Å². The van der Waals surface area contributed by atoms with Crippen LogP contribution in [0.4, 0.5) is 0 Å². The number of thiophene rings is 1. The van der Waals surface area contributed by atoms with Gasteiger partial charge >= 0.3 is 0 Å². The topological polar surface area (TPSA) is 37.8 Å². The van der Waals surface area contributed by atoms with Gasteiger partial charge in [-0.1, -0.05) is 18.2 Å². The summed E-state index contributed by atoms with van der Waals surface area (Å²) in [6, 6.07) is 8.54. The van der Waals surface area contributed by atoms with Crippen LogP contribution in [0, 0.1) is 6.92 Å². The van der Waals surface area contributed by atoms with Crippen LogP contribution in [-0.2, 0) is 0 Å². The Morgan fingerprint density at radius 1 is 1.16 bits per heavy atom. The minimum absolute atomic E-state index is 0.0305. The van der Waals surface area contributed by atoms with Crippen molar-refractivity contribution in [3.63, 3.8) is 0 Å². The van der Waals surface area contributed by atoms with E-state index in [1.807, 2.05) is 26.4 Å². The first-order chi connectivity index (χ1) is 9.29. The second-order valence-electron chi connectivity index (χ2n) is 4.53. The highest BCUT2D eigenvalue weighted by Crippen LogP contribution is 2.30. The number of benzene rings is 1. The third kappa shape index (κ3) is 2.25. The fraction of sp³-hybridized carbons (Fsp3) is 0.200. The lowest BCUT2D eigenvalue weighted by molar-refractivity contribution is 0.650. The van der Waals surface area contributed by atoms with Crippen molar-refractivity contribution >= 4 is 21.4 Å². The van der Waals surface area contributed by atoms with Gasteiger partial charge in [0.25, 0.3) is 0 Å². The van der Waals surface area contributed by atoms with Crippen LogP contribution in [0.1, 0.15) is 23.0 Å². The lowest BCUT2D eigenvalue weighted by Crippen LogP contribution is -2.20. The molecule has 0 spiro atoms. The average Bonchev–Trinajstić information content (AvgIpc) is 2.91. The van der Waals surface area contributed by atoms with Crippen LogP contribution in [0.25, 0.3) is 10.1 Å². The van der Waals surface area contributed by atoms with Crippen molar-refractivity contribution in [2.75, 3.05) is 7.05 Å². The summed E-state index contributed by atoms with van der Waals surface area (Å²) in [6.07, 6.45) is 3.72. The van der Waals surface area contributed by atoms with Crippen molar-refractivity contribution in [1.29, 1.82) is 0 Å². The molecule has 0 bridgehead atoms. The summed E-state index contributed by atoms with van der Waals surface area (Å²) in [6.45, 7) is 2.00. The minimum atomic E-state index is 0.0305. The van der Waals surface area contributed by atoms with Crippen molar-refractivity contribution in [1.82, 2.24) is 15.3 Å². The van der Waals surface area contributed by atoms with Crippen LogP contribution in [0.5, 0.6) is 0 Å². The minimum Gasteiger partial charge on any atom is -0.307 e.